The number of amides is 1. The molecule has 6 heteroatoms. The Labute approximate surface area is 116 Å². The molecule has 2 aliphatic rings. The molecule has 1 aliphatic carbocycles. The van der Waals surface area contributed by atoms with E-state index in [4.69, 9.17) is 5.73 Å². The molecule has 1 amide bonds. The van der Waals surface area contributed by atoms with Crippen LogP contribution in [0.15, 0.2) is 11.6 Å². The highest BCUT2D eigenvalue weighted by Gasteiger charge is 2.26. The number of aromatic nitrogens is 1. The van der Waals surface area contributed by atoms with Crippen molar-refractivity contribution in [2.45, 2.75) is 32.2 Å². The number of thiazole rings is 1. The summed E-state index contributed by atoms with van der Waals surface area (Å²) in [6, 6.07) is 0.522. The number of carbonyl (C=O) groups excluding carboxylic acids is 1. The van der Waals surface area contributed by atoms with E-state index in [1.807, 2.05) is 4.90 Å². The van der Waals surface area contributed by atoms with Gasteiger partial charge in [-0.15, -0.1) is 0 Å². The van der Waals surface area contributed by atoms with Crippen LogP contribution in [0.25, 0.3) is 0 Å². The maximum Gasteiger partial charge on any atom is 0.268 e. The minimum absolute atomic E-state index is 0.00583. The number of carbonyl (C=O) groups is 1. The summed E-state index contributed by atoms with van der Waals surface area (Å²) in [6.45, 7) is 3.51. The van der Waals surface area contributed by atoms with Crippen molar-refractivity contribution >= 4 is 28.2 Å². The van der Waals surface area contributed by atoms with Crippen molar-refractivity contribution in [2.24, 2.45) is 0 Å². The molecule has 0 radical (unpaired) electrons. The van der Waals surface area contributed by atoms with E-state index >= 15 is 0 Å². The number of hydrogen-bond acceptors (Lipinski definition) is 5. The molecule has 1 aliphatic heterocycles. The third kappa shape index (κ3) is 2.73. The summed E-state index contributed by atoms with van der Waals surface area (Å²) in [5.41, 5.74) is 7.11. The predicted octanol–water partition coefficient (Wildman–Crippen LogP) is 2.09. The topological polar surface area (TPSA) is 71.2 Å². The Morgan fingerprint density at radius 3 is 3.05 bits per heavy atom. The number of nitrogens with zero attached hydrogens (tertiary/aromatic N) is 2. The molecule has 5 nitrogen and oxygen atoms in total. The van der Waals surface area contributed by atoms with Crippen LogP contribution in [0.4, 0.5) is 10.9 Å². The van der Waals surface area contributed by atoms with Gasteiger partial charge in [-0.2, -0.15) is 0 Å². The number of nitrogen functional groups attached to an aromatic ring is 1. The highest BCUT2D eigenvalue weighted by atomic mass is 32.1. The molecular weight excluding hydrogens is 260 g/mol. The molecule has 0 spiro atoms. The van der Waals surface area contributed by atoms with Gasteiger partial charge in [-0.05, 0) is 26.2 Å². The number of nitrogens with one attached hydrogen (secondary N) is 1. The van der Waals surface area contributed by atoms with Gasteiger partial charge in [-0.3, -0.25) is 4.79 Å². The first kappa shape index (κ1) is 12.5. The first-order valence-electron chi connectivity index (χ1n) is 6.61. The van der Waals surface area contributed by atoms with Crippen LogP contribution < -0.4 is 11.1 Å². The van der Waals surface area contributed by atoms with Crippen molar-refractivity contribution in [1.29, 1.82) is 0 Å². The summed E-state index contributed by atoms with van der Waals surface area (Å²) in [5.74, 6) is 0.358. The molecule has 0 unspecified atom stereocenters. The van der Waals surface area contributed by atoms with E-state index in [1.165, 1.54) is 29.8 Å². The number of rotatable bonds is 3. The van der Waals surface area contributed by atoms with Crippen molar-refractivity contribution in [3.8, 4) is 0 Å². The van der Waals surface area contributed by atoms with Gasteiger partial charge in [0.2, 0.25) is 0 Å². The first-order chi connectivity index (χ1) is 9.13. The molecule has 1 aromatic heterocycles. The average molecular weight is 278 g/mol. The van der Waals surface area contributed by atoms with Crippen LogP contribution in [-0.4, -0.2) is 34.9 Å². The van der Waals surface area contributed by atoms with Crippen molar-refractivity contribution in [3.05, 3.63) is 16.5 Å². The Balaban J connectivity index is 1.75. The lowest BCUT2D eigenvalue weighted by Crippen LogP contribution is -2.35. The van der Waals surface area contributed by atoms with E-state index < -0.39 is 0 Å². The smallest absolute Gasteiger partial charge is 0.268 e. The second kappa shape index (κ2) is 4.85. The molecule has 1 aromatic rings. The summed E-state index contributed by atoms with van der Waals surface area (Å²) in [5, 5.41) is 4.06. The molecule has 0 saturated heterocycles. The van der Waals surface area contributed by atoms with E-state index in [0.29, 0.717) is 23.3 Å². The van der Waals surface area contributed by atoms with E-state index in [-0.39, 0.29) is 5.91 Å². The molecule has 0 bridgehead atoms. The van der Waals surface area contributed by atoms with Crippen LogP contribution in [0, 0.1) is 0 Å². The van der Waals surface area contributed by atoms with Gasteiger partial charge in [-0.1, -0.05) is 23.0 Å². The second-order valence-electron chi connectivity index (χ2n) is 5.22. The Kier molecular flexibility index (Phi) is 3.18. The van der Waals surface area contributed by atoms with E-state index in [0.717, 1.165) is 18.1 Å². The van der Waals surface area contributed by atoms with Crippen molar-refractivity contribution in [1.82, 2.24) is 9.88 Å². The van der Waals surface area contributed by atoms with Crippen LogP contribution in [0.5, 0.6) is 0 Å². The van der Waals surface area contributed by atoms with Crippen LogP contribution in [0.2, 0.25) is 0 Å². The molecule has 19 heavy (non-hydrogen) atoms. The molecule has 3 N–H and O–H groups in total. The van der Waals surface area contributed by atoms with Crippen molar-refractivity contribution in [3.63, 3.8) is 0 Å². The van der Waals surface area contributed by atoms with Gasteiger partial charge in [0.15, 0.2) is 5.13 Å². The highest BCUT2D eigenvalue weighted by Crippen LogP contribution is 2.31. The molecule has 0 aromatic carbocycles. The van der Waals surface area contributed by atoms with E-state index in [2.05, 4.69) is 23.3 Å². The average Bonchev–Trinajstić information content (AvgIpc) is 3.11. The fraction of sp³-hybridized carbons (Fsp3) is 0.538. The lowest BCUT2D eigenvalue weighted by molar-refractivity contribution is 0.0771. The van der Waals surface area contributed by atoms with Crippen molar-refractivity contribution in [2.75, 3.05) is 24.1 Å². The number of nitrogens with two attached hydrogens (primary N) is 1. The molecule has 0 atom stereocenters. The Morgan fingerprint density at radius 2 is 2.37 bits per heavy atom. The molecule has 1 saturated carbocycles. The van der Waals surface area contributed by atoms with Gasteiger partial charge in [0, 0.05) is 19.1 Å². The maximum absolute atomic E-state index is 12.4. The highest BCUT2D eigenvalue weighted by molar-refractivity contribution is 7.18. The number of hydrogen-bond donors (Lipinski definition) is 2. The third-order valence-electron chi connectivity index (χ3n) is 3.37. The SMILES string of the molecule is CC1=CCCN(C(=O)c2sc(NC3CC3)nc2N)C1. The Hall–Kier alpha value is -1.56. The lowest BCUT2D eigenvalue weighted by Gasteiger charge is -2.25. The van der Waals surface area contributed by atoms with Gasteiger partial charge < -0.3 is 16.0 Å². The first-order valence-corrected chi connectivity index (χ1v) is 7.43. The van der Waals surface area contributed by atoms with Gasteiger partial charge in [0.25, 0.3) is 5.91 Å². The predicted molar refractivity (Wildman–Crippen MR) is 77.4 cm³/mol. The minimum Gasteiger partial charge on any atom is -0.382 e. The maximum atomic E-state index is 12.4. The van der Waals surface area contributed by atoms with Gasteiger partial charge in [-0.25, -0.2) is 4.98 Å². The quantitative estimate of drug-likeness (QED) is 0.831. The molecule has 2 heterocycles. The van der Waals surface area contributed by atoms with Crippen molar-refractivity contribution < 1.29 is 4.79 Å². The second-order valence-corrected chi connectivity index (χ2v) is 6.22. The Morgan fingerprint density at radius 1 is 1.58 bits per heavy atom. The van der Waals surface area contributed by atoms with Crippen LogP contribution in [-0.2, 0) is 0 Å². The molecule has 102 valence electrons. The summed E-state index contributed by atoms with van der Waals surface area (Å²) < 4.78 is 0. The zero-order chi connectivity index (χ0) is 13.4. The summed E-state index contributed by atoms with van der Waals surface area (Å²) in [4.78, 5) is 19.1. The fourth-order valence-corrected chi connectivity index (χ4v) is 3.11. The summed E-state index contributed by atoms with van der Waals surface area (Å²) in [6.07, 6.45) is 5.46. The van der Waals surface area contributed by atoms with Crippen LogP contribution in [0.3, 0.4) is 0 Å². The lowest BCUT2D eigenvalue weighted by atomic mass is 10.1. The monoisotopic (exact) mass is 278 g/mol. The Bertz CT molecular complexity index is 533. The van der Waals surface area contributed by atoms with E-state index in [9.17, 15) is 4.79 Å². The summed E-state index contributed by atoms with van der Waals surface area (Å²) >= 11 is 1.37. The minimum atomic E-state index is 0.00583. The normalized spacial score (nSPS) is 19.2. The van der Waals surface area contributed by atoms with Crippen LogP contribution in [0.1, 0.15) is 35.9 Å². The largest absolute Gasteiger partial charge is 0.382 e. The van der Waals surface area contributed by atoms with Gasteiger partial charge in [0.1, 0.15) is 10.7 Å². The third-order valence-corrected chi connectivity index (χ3v) is 4.36. The zero-order valence-electron chi connectivity index (χ0n) is 11.0. The molecular formula is C13H18N4OS. The van der Waals surface area contributed by atoms with Gasteiger partial charge in [0.05, 0.1) is 0 Å². The van der Waals surface area contributed by atoms with E-state index in [1.54, 1.807) is 0 Å². The number of anilines is 2. The zero-order valence-corrected chi connectivity index (χ0v) is 11.8. The molecule has 1 fully saturated rings. The fourth-order valence-electron chi connectivity index (χ4n) is 2.18. The van der Waals surface area contributed by atoms with Gasteiger partial charge >= 0.3 is 0 Å². The van der Waals surface area contributed by atoms with Crippen LogP contribution >= 0.6 is 11.3 Å². The summed E-state index contributed by atoms with van der Waals surface area (Å²) in [7, 11) is 0. The molecule has 3 rings (SSSR count). The standard InChI is InChI=1S/C13H18N4OS/c1-8-3-2-6-17(7-8)12(18)10-11(14)16-13(19-10)15-9-4-5-9/h3,9H,2,4-7,14H2,1H3,(H,15,16).